The molecule has 0 saturated carbocycles. The second-order valence-electron chi connectivity index (χ2n) is 5.08. The summed E-state index contributed by atoms with van der Waals surface area (Å²) in [5, 5.41) is 12.7. The zero-order valence-electron chi connectivity index (χ0n) is 11.8. The number of aryl methyl sites for hydroxylation is 2. The van der Waals surface area contributed by atoms with Gasteiger partial charge in [0, 0.05) is 11.7 Å². The maximum absolute atomic E-state index is 9.17. The smallest absolute Gasteiger partial charge is 0.0682 e. The Hall–Kier alpha value is -1.80. The van der Waals surface area contributed by atoms with E-state index >= 15 is 0 Å². The molecule has 2 aromatic carbocycles. The number of hydrogen-bond donors (Lipinski definition) is 2. The molecule has 2 nitrogen and oxygen atoms in total. The molecular weight excluding hydrogens is 234 g/mol. The maximum Gasteiger partial charge on any atom is 0.0682 e. The quantitative estimate of drug-likeness (QED) is 0.866. The summed E-state index contributed by atoms with van der Waals surface area (Å²) in [4.78, 5) is 0. The molecule has 0 aliphatic carbocycles. The Morgan fingerprint density at radius 1 is 1.11 bits per heavy atom. The Balaban J connectivity index is 2.20. The Morgan fingerprint density at radius 2 is 1.89 bits per heavy atom. The van der Waals surface area contributed by atoms with Gasteiger partial charge in [0.1, 0.15) is 0 Å². The van der Waals surface area contributed by atoms with Gasteiger partial charge < -0.3 is 10.4 Å². The summed E-state index contributed by atoms with van der Waals surface area (Å²) in [7, 11) is 0. The Morgan fingerprint density at radius 3 is 2.63 bits per heavy atom. The first-order chi connectivity index (χ1) is 9.10. The van der Waals surface area contributed by atoms with E-state index in [4.69, 9.17) is 5.11 Å². The molecule has 2 N–H and O–H groups in total. The van der Waals surface area contributed by atoms with Gasteiger partial charge in [-0.2, -0.15) is 0 Å². The molecule has 100 valence electrons. The largest absolute Gasteiger partial charge is 0.392 e. The van der Waals surface area contributed by atoms with Crippen LogP contribution in [-0.2, 0) is 6.61 Å². The van der Waals surface area contributed by atoms with Gasteiger partial charge in [-0.3, -0.25) is 0 Å². The van der Waals surface area contributed by atoms with Gasteiger partial charge in [0.05, 0.1) is 6.61 Å². The number of nitrogens with one attached hydrogen (secondary N) is 1. The Labute approximate surface area is 115 Å². The van der Waals surface area contributed by atoms with Gasteiger partial charge in [-0.1, -0.05) is 35.9 Å². The molecule has 1 unspecified atom stereocenters. The monoisotopic (exact) mass is 255 g/mol. The summed E-state index contributed by atoms with van der Waals surface area (Å²) in [5.41, 5.74) is 5.86. The SMILES string of the molecule is Cc1ccc(C)c(C(C)Nc2cccc(CO)c2)c1. The lowest BCUT2D eigenvalue weighted by Crippen LogP contribution is -2.08. The van der Waals surface area contributed by atoms with E-state index in [1.54, 1.807) is 0 Å². The summed E-state index contributed by atoms with van der Waals surface area (Å²) in [6, 6.07) is 14.7. The minimum atomic E-state index is 0.0768. The number of anilines is 1. The van der Waals surface area contributed by atoms with E-state index in [0.717, 1.165) is 11.3 Å². The van der Waals surface area contributed by atoms with Gasteiger partial charge in [-0.05, 0) is 49.6 Å². The molecule has 1 atom stereocenters. The van der Waals surface area contributed by atoms with Crippen molar-refractivity contribution in [3.8, 4) is 0 Å². The second-order valence-corrected chi connectivity index (χ2v) is 5.08. The fourth-order valence-electron chi connectivity index (χ4n) is 2.31. The number of rotatable bonds is 4. The molecule has 0 aromatic heterocycles. The van der Waals surface area contributed by atoms with Crippen LogP contribution in [0.5, 0.6) is 0 Å². The van der Waals surface area contributed by atoms with Crippen LogP contribution in [0.1, 0.15) is 35.2 Å². The standard InChI is InChI=1S/C17H21NO/c1-12-7-8-13(2)17(9-12)14(3)18-16-6-4-5-15(10-16)11-19/h4-10,14,18-19H,11H2,1-3H3. The van der Waals surface area contributed by atoms with Crippen LogP contribution < -0.4 is 5.32 Å². The Bertz CT molecular complexity index is 563. The molecule has 2 heteroatoms. The van der Waals surface area contributed by atoms with Crippen LogP contribution in [0.25, 0.3) is 0 Å². The summed E-state index contributed by atoms with van der Waals surface area (Å²) in [6.07, 6.45) is 0. The van der Waals surface area contributed by atoms with Gasteiger partial charge >= 0.3 is 0 Å². The predicted octanol–water partition coefficient (Wildman–Crippen LogP) is 3.97. The molecule has 0 spiro atoms. The third kappa shape index (κ3) is 3.36. The van der Waals surface area contributed by atoms with Crippen LogP contribution in [0, 0.1) is 13.8 Å². The summed E-state index contributed by atoms with van der Waals surface area (Å²) in [6.45, 7) is 6.49. The highest BCUT2D eigenvalue weighted by Gasteiger charge is 2.08. The second kappa shape index (κ2) is 5.89. The van der Waals surface area contributed by atoms with Gasteiger partial charge in [0.15, 0.2) is 0 Å². The highest BCUT2D eigenvalue weighted by atomic mass is 16.3. The van der Waals surface area contributed by atoms with Crippen molar-refractivity contribution in [2.45, 2.75) is 33.4 Å². The van der Waals surface area contributed by atoms with Crippen LogP contribution >= 0.6 is 0 Å². The average Bonchev–Trinajstić information content (AvgIpc) is 2.41. The van der Waals surface area contributed by atoms with Gasteiger partial charge in [-0.25, -0.2) is 0 Å². The molecular formula is C17H21NO. The van der Waals surface area contributed by atoms with Crippen molar-refractivity contribution in [3.05, 3.63) is 64.7 Å². The highest BCUT2D eigenvalue weighted by Crippen LogP contribution is 2.23. The van der Waals surface area contributed by atoms with Crippen LogP contribution in [0.3, 0.4) is 0 Å². The van der Waals surface area contributed by atoms with E-state index in [1.165, 1.54) is 16.7 Å². The van der Waals surface area contributed by atoms with E-state index in [9.17, 15) is 0 Å². The topological polar surface area (TPSA) is 32.3 Å². The molecule has 0 heterocycles. The summed E-state index contributed by atoms with van der Waals surface area (Å²) in [5.74, 6) is 0. The van der Waals surface area contributed by atoms with Crippen molar-refractivity contribution in [3.63, 3.8) is 0 Å². The summed E-state index contributed by atoms with van der Waals surface area (Å²) >= 11 is 0. The van der Waals surface area contributed by atoms with E-state index in [-0.39, 0.29) is 12.6 Å². The van der Waals surface area contributed by atoms with Crippen molar-refractivity contribution in [2.75, 3.05) is 5.32 Å². The first-order valence-corrected chi connectivity index (χ1v) is 6.63. The predicted molar refractivity (Wildman–Crippen MR) is 80.3 cm³/mol. The van der Waals surface area contributed by atoms with Crippen molar-refractivity contribution < 1.29 is 5.11 Å². The lowest BCUT2D eigenvalue weighted by molar-refractivity contribution is 0.282. The third-order valence-corrected chi connectivity index (χ3v) is 3.39. The maximum atomic E-state index is 9.17. The summed E-state index contributed by atoms with van der Waals surface area (Å²) < 4.78 is 0. The molecule has 0 radical (unpaired) electrons. The zero-order valence-corrected chi connectivity index (χ0v) is 11.8. The molecule has 0 fully saturated rings. The molecule has 0 aliphatic heterocycles. The average molecular weight is 255 g/mol. The lowest BCUT2D eigenvalue weighted by atomic mass is 10.00. The minimum absolute atomic E-state index is 0.0768. The highest BCUT2D eigenvalue weighted by molar-refractivity contribution is 5.48. The Kier molecular flexibility index (Phi) is 4.23. The first kappa shape index (κ1) is 13.6. The first-order valence-electron chi connectivity index (χ1n) is 6.63. The van der Waals surface area contributed by atoms with Crippen molar-refractivity contribution >= 4 is 5.69 Å². The van der Waals surface area contributed by atoms with Crippen LogP contribution in [0.15, 0.2) is 42.5 Å². The number of aliphatic hydroxyl groups excluding tert-OH is 1. The fourth-order valence-corrected chi connectivity index (χ4v) is 2.31. The molecule has 0 aliphatic rings. The van der Waals surface area contributed by atoms with Gasteiger partial charge in [-0.15, -0.1) is 0 Å². The van der Waals surface area contributed by atoms with E-state index in [1.807, 2.05) is 24.3 Å². The van der Waals surface area contributed by atoms with Crippen LogP contribution in [-0.4, -0.2) is 5.11 Å². The molecule has 2 rings (SSSR count). The van der Waals surface area contributed by atoms with Crippen molar-refractivity contribution in [1.82, 2.24) is 0 Å². The molecule has 2 aromatic rings. The van der Waals surface area contributed by atoms with Gasteiger partial charge in [0.2, 0.25) is 0 Å². The zero-order chi connectivity index (χ0) is 13.8. The number of aliphatic hydroxyl groups is 1. The van der Waals surface area contributed by atoms with Crippen LogP contribution in [0.2, 0.25) is 0 Å². The number of hydrogen-bond acceptors (Lipinski definition) is 2. The fraction of sp³-hybridized carbons (Fsp3) is 0.294. The van der Waals surface area contributed by atoms with E-state index in [2.05, 4.69) is 44.3 Å². The lowest BCUT2D eigenvalue weighted by Gasteiger charge is -2.19. The molecule has 0 saturated heterocycles. The molecule has 0 amide bonds. The van der Waals surface area contributed by atoms with E-state index < -0.39 is 0 Å². The van der Waals surface area contributed by atoms with Crippen molar-refractivity contribution in [2.24, 2.45) is 0 Å². The normalized spacial score (nSPS) is 12.2. The molecule has 19 heavy (non-hydrogen) atoms. The van der Waals surface area contributed by atoms with Crippen molar-refractivity contribution in [1.29, 1.82) is 0 Å². The molecule has 0 bridgehead atoms. The van der Waals surface area contributed by atoms with Crippen LogP contribution in [0.4, 0.5) is 5.69 Å². The third-order valence-electron chi connectivity index (χ3n) is 3.39. The minimum Gasteiger partial charge on any atom is -0.392 e. The number of benzene rings is 2. The van der Waals surface area contributed by atoms with E-state index in [0.29, 0.717) is 0 Å². The van der Waals surface area contributed by atoms with Gasteiger partial charge in [0.25, 0.3) is 0 Å².